The van der Waals surface area contributed by atoms with Gasteiger partial charge in [-0.25, -0.2) is 0 Å². The van der Waals surface area contributed by atoms with E-state index in [-0.39, 0.29) is 24.5 Å². The van der Waals surface area contributed by atoms with Gasteiger partial charge in [-0.15, -0.1) is 0 Å². The number of hydrogen-bond donors (Lipinski definition) is 0. The zero-order valence-corrected chi connectivity index (χ0v) is 17.0. The molecule has 0 rings (SSSR count). The fourth-order valence-corrected chi connectivity index (χ4v) is 3.05. The van der Waals surface area contributed by atoms with Crippen molar-refractivity contribution in [1.82, 2.24) is 0 Å². The van der Waals surface area contributed by atoms with Gasteiger partial charge in [-0.1, -0.05) is 78.1 Å². The van der Waals surface area contributed by atoms with Gasteiger partial charge in [-0.3, -0.25) is 9.59 Å². The van der Waals surface area contributed by atoms with Crippen LogP contribution >= 0.6 is 0 Å². The normalized spacial score (nSPS) is 12.2. The van der Waals surface area contributed by atoms with Crippen molar-refractivity contribution in [1.29, 1.82) is 0 Å². The number of esters is 2. The highest BCUT2D eigenvalue weighted by molar-refractivity contribution is 5.71. The molecule has 1 unspecified atom stereocenters. The molecule has 1 atom stereocenters. The van der Waals surface area contributed by atoms with E-state index in [1.165, 1.54) is 71.8 Å². The van der Waals surface area contributed by atoms with Crippen LogP contribution in [0.2, 0.25) is 0 Å². The average Bonchev–Trinajstić information content (AvgIpc) is 2.54. The average molecular weight is 357 g/mol. The molecule has 25 heavy (non-hydrogen) atoms. The van der Waals surface area contributed by atoms with Gasteiger partial charge < -0.3 is 9.47 Å². The Hall–Kier alpha value is -1.06. The maximum atomic E-state index is 11.3. The Morgan fingerprint density at radius 1 is 0.760 bits per heavy atom. The SMILES string of the molecule is COC(=O)CC(CCCCCCCCCCCCC(C)C)OC(C)=O. The van der Waals surface area contributed by atoms with Gasteiger partial charge in [0.2, 0.25) is 0 Å². The number of methoxy groups -OCH3 is 1. The van der Waals surface area contributed by atoms with Crippen molar-refractivity contribution < 1.29 is 19.1 Å². The smallest absolute Gasteiger partial charge is 0.309 e. The molecule has 0 N–H and O–H groups in total. The topological polar surface area (TPSA) is 52.6 Å². The summed E-state index contributed by atoms with van der Waals surface area (Å²) in [5, 5.41) is 0. The van der Waals surface area contributed by atoms with Crippen molar-refractivity contribution in [2.75, 3.05) is 7.11 Å². The van der Waals surface area contributed by atoms with Crippen molar-refractivity contribution in [3.05, 3.63) is 0 Å². The van der Waals surface area contributed by atoms with E-state index >= 15 is 0 Å². The van der Waals surface area contributed by atoms with Crippen molar-refractivity contribution in [3.63, 3.8) is 0 Å². The van der Waals surface area contributed by atoms with Crippen molar-refractivity contribution in [3.8, 4) is 0 Å². The summed E-state index contributed by atoms with van der Waals surface area (Å²) in [5.74, 6) is 0.190. The van der Waals surface area contributed by atoms with E-state index in [4.69, 9.17) is 4.74 Å². The predicted molar refractivity (Wildman–Crippen MR) is 102 cm³/mol. The van der Waals surface area contributed by atoms with Crippen LogP contribution in [-0.4, -0.2) is 25.2 Å². The summed E-state index contributed by atoms with van der Waals surface area (Å²) in [4.78, 5) is 22.4. The molecule has 0 fully saturated rings. The standard InChI is InChI=1S/C21H40O4/c1-18(2)15-13-11-9-7-5-6-8-10-12-14-16-20(25-19(3)22)17-21(23)24-4/h18,20H,5-17H2,1-4H3. The molecule has 0 saturated carbocycles. The quantitative estimate of drug-likeness (QED) is 0.258. The highest BCUT2D eigenvalue weighted by Gasteiger charge is 2.16. The molecule has 0 aromatic carbocycles. The first kappa shape index (κ1) is 23.9. The minimum atomic E-state index is -0.337. The third-order valence-corrected chi connectivity index (χ3v) is 4.51. The molecule has 0 aliphatic rings. The molecular weight excluding hydrogens is 316 g/mol. The first-order valence-corrected chi connectivity index (χ1v) is 10.2. The van der Waals surface area contributed by atoms with Gasteiger partial charge in [-0.05, 0) is 18.8 Å². The van der Waals surface area contributed by atoms with Gasteiger partial charge in [0.15, 0.2) is 0 Å². The number of rotatable bonds is 16. The third kappa shape index (κ3) is 17.6. The second kappa shape index (κ2) is 16.4. The summed E-state index contributed by atoms with van der Waals surface area (Å²) < 4.78 is 9.84. The Bertz CT molecular complexity index is 339. The fourth-order valence-electron chi connectivity index (χ4n) is 3.05. The lowest BCUT2D eigenvalue weighted by Gasteiger charge is -2.15. The van der Waals surface area contributed by atoms with E-state index in [2.05, 4.69) is 18.6 Å². The fraction of sp³-hybridized carbons (Fsp3) is 0.905. The number of unbranched alkanes of at least 4 members (excludes halogenated alkanes) is 9. The number of carbonyl (C=O) groups is 2. The van der Waals surface area contributed by atoms with Crippen molar-refractivity contribution in [2.24, 2.45) is 5.92 Å². The molecule has 4 nitrogen and oxygen atoms in total. The Kier molecular flexibility index (Phi) is 15.7. The van der Waals surface area contributed by atoms with E-state index in [0.29, 0.717) is 0 Å². The van der Waals surface area contributed by atoms with E-state index in [1.807, 2.05) is 0 Å². The summed E-state index contributed by atoms with van der Waals surface area (Å²) in [5.41, 5.74) is 0. The molecule has 0 aromatic heterocycles. The van der Waals surface area contributed by atoms with Crippen LogP contribution in [0.15, 0.2) is 0 Å². The molecule has 148 valence electrons. The van der Waals surface area contributed by atoms with Crippen LogP contribution in [0.1, 0.15) is 104 Å². The first-order valence-electron chi connectivity index (χ1n) is 10.2. The minimum absolute atomic E-state index is 0.160. The lowest BCUT2D eigenvalue weighted by molar-refractivity contribution is -0.152. The second-order valence-electron chi connectivity index (χ2n) is 7.52. The number of hydrogen-bond acceptors (Lipinski definition) is 4. The van der Waals surface area contributed by atoms with Crippen LogP contribution in [-0.2, 0) is 19.1 Å². The zero-order valence-electron chi connectivity index (χ0n) is 17.0. The van der Waals surface area contributed by atoms with Crippen LogP contribution < -0.4 is 0 Å². The highest BCUT2D eigenvalue weighted by atomic mass is 16.6. The zero-order chi connectivity index (χ0) is 18.9. The van der Waals surface area contributed by atoms with Crippen LogP contribution in [0.25, 0.3) is 0 Å². The van der Waals surface area contributed by atoms with E-state index < -0.39 is 0 Å². The summed E-state index contributed by atoms with van der Waals surface area (Å²) >= 11 is 0. The van der Waals surface area contributed by atoms with E-state index in [9.17, 15) is 9.59 Å². The molecule has 0 radical (unpaired) electrons. The molecule has 4 heteroatoms. The van der Waals surface area contributed by atoms with Crippen LogP contribution in [0.4, 0.5) is 0 Å². The van der Waals surface area contributed by atoms with Gasteiger partial charge in [0.25, 0.3) is 0 Å². The molecular formula is C21H40O4. The highest BCUT2D eigenvalue weighted by Crippen LogP contribution is 2.15. The molecule has 0 spiro atoms. The van der Waals surface area contributed by atoms with Gasteiger partial charge >= 0.3 is 11.9 Å². The molecule has 0 amide bonds. The predicted octanol–water partition coefficient (Wildman–Crippen LogP) is 5.82. The maximum Gasteiger partial charge on any atom is 0.309 e. The molecule has 0 saturated heterocycles. The van der Waals surface area contributed by atoms with Gasteiger partial charge in [0.1, 0.15) is 6.10 Å². The number of carbonyl (C=O) groups excluding carboxylic acids is 2. The molecule has 0 aliphatic carbocycles. The second-order valence-corrected chi connectivity index (χ2v) is 7.52. The molecule has 0 bridgehead atoms. The monoisotopic (exact) mass is 356 g/mol. The maximum absolute atomic E-state index is 11.3. The lowest BCUT2D eigenvalue weighted by atomic mass is 10.0. The minimum Gasteiger partial charge on any atom is -0.469 e. The van der Waals surface area contributed by atoms with Gasteiger partial charge in [-0.2, -0.15) is 0 Å². The van der Waals surface area contributed by atoms with Gasteiger partial charge in [0, 0.05) is 6.92 Å². The van der Waals surface area contributed by atoms with Crippen LogP contribution in [0, 0.1) is 5.92 Å². The summed E-state index contributed by atoms with van der Waals surface area (Å²) in [6.07, 6.45) is 14.7. The molecule has 0 aromatic rings. The molecule has 0 heterocycles. The van der Waals surface area contributed by atoms with Crippen LogP contribution in [0.5, 0.6) is 0 Å². The largest absolute Gasteiger partial charge is 0.469 e. The molecule has 0 aliphatic heterocycles. The number of ether oxygens (including phenoxy) is 2. The first-order chi connectivity index (χ1) is 12.0. The summed E-state index contributed by atoms with van der Waals surface area (Å²) in [6, 6.07) is 0. The van der Waals surface area contributed by atoms with Crippen molar-refractivity contribution >= 4 is 11.9 Å². The summed E-state index contributed by atoms with van der Waals surface area (Å²) in [6.45, 7) is 5.97. The Morgan fingerprint density at radius 2 is 1.20 bits per heavy atom. The third-order valence-electron chi connectivity index (χ3n) is 4.51. The lowest BCUT2D eigenvalue weighted by Crippen LogP contribution is -2.21. The Balaban J connectivity index is 3.50. The van der Waals surface area contributed by atoms with E-state index in [1.54, 1.807) is 0 Å². The van der Waals surface area contributed by atoms with Crippen molar-refractivity contribution in [2.45, 2.75) is 110 Å². The van der Waals surface area contributed by atoms with Gasteiger partial charge in [0.05, 0.1) is 13.5 Å². The Labute approximate surface area is 155 Å². The van der Waals surface area contributed by atoms with E-state index in [0.717, 1.165) is 25.2 Å². The van der Waals surface area contributed by atoms with Crippen LogP contribution in [0.3, 0.4) is 0 Å². The summed E-state index contributed by atoms with van der Waals surface area (Å²) in [7, 11) is 1.36. The Morgan fingerprint density at radius 3 is 1.60 bits per heavy atom.